The highest BCUT2D eigenvalue weighted by Crippen LogP contribution is 2.17. The summed E-state index contributed by atoms with van der Waals surface area (Å²) in [6.45, 7) is 3.63. The molecular weight excluding hydrogens is 179 g/mol. The molecule has 0 aliphatic carbocycles. The van der Waals surface area contributed by atoms with Crippen LogP contribution in [0.15, 0.2) is 30.3 Å². The third-order valence-electron chi connectivity index (χ3n) is 2.07. The zero-order chi connectivity index (χ0) is 10.6. The highest BCUT2D eigenvalue weighted by molar-refractivity contribution is 6.20. The van der Waals surface area contributed by atoms with Crippen LogP contribution >= 0.6 is 0 Å². The molecule has 0 saturated carbocycles. The first kappa shape index (κ1) is 10.6. The van der Waals surface area contributed by atoms with Crippen molar-refractivity contribution in [3.8, 4) is 0 Å². The molecule has 0 spiro atoms. The summed E-state index contributed by atoms with van der Waals surface area (Å²) in [6.07, 6.45) is 2.23. The zero-order valence-corrected chi connectivity index (χ0v) is 8.38. The first-order valence-electron chi connectivity index (χ1n) is 4.64. The minimum atomic E-state index is -0.284. The van der Waals surface area contributed by atoms with Gasteiger partial charge < -0.3 is 0 Å². The number of hydrogen-bond donors (Lipinski definition) is 0. The number of ketones is 1. The van der Waals surface area contributed by atoms with E-state index in [9.17, 15) is 9.18 Å². The summed E-state index contributed by atoms with van der Waals surface area (Å²) in [4.78, 5) is 11.5. The van der Waals surface area contributed by atoms with Crippen LogP contribution < -0.4 is 0 Å². The van der Waals surface area contributed by atoms with Gasteiger partial charge in [-0.3, -0.25) is 4.79 Å². The number of carbonyl (C=O) groups excluding carboxylic acids is 1. The molecule has 1 aromatic carbocycles. The van der Waals surface area contributed by atoms with E-state index in [1.165, 1.54) is 12.1 Å². The number of halogens is 1. The summed E-state index contributed by atoms with van der Waals surface area (Å²) in [5, 5.41) is 0. The maximum absolute atomic E-state index is 12.6. The number of allylic oxidation sites excluding steroid dienone is 2. The molecule has 0 saturated heterocycles. The van der Waals surface area contributed by atoms with Gasteiger partial charge in [-0.15, -0.1) is 0 Å². The highest BCUT2D eigenvalue weighted by atomic mass is 19.1. The van der Waals surface area contributed by atoms with Crippen molar-refractivity contribution in [2.75, 3.05) is 0 Å². The fraction of sp³-hybridized carbons (Fsp3) is 0.250. The van der Waals surface area contributed by atoms with Crippen molar-refractivity contribution >= 4 is 11.4 Å². The van der Waals surface area contributed by atoms with Crippen LogP contribution in [0.2, 0.25) is 0 Å². The third kappa shape index (κ3) is 2.28. The SMILES string of the molecule is C/C=C(/C(=O)CC)c1ccc(F)cc1. The predicted molar refractivity (Wildman–Crippen MR) is 55.3 cm³/mol. The van der Waals surface area contributed by atoms with E-state index in [1.807, 2.05) is 13.8 Å². The summed E-state index contributed by atoms with van der Waals surface area (Å²) in [7, 11) is 0. The summed E-state index contributed by atoms with van der Waals surface area (Å²) < 4.78 is 12.6. The Labute approximate surface area is 83.3 Å². The molecule has 0 bridgehead atoms. The Balaban J connectivity index is 3.03. The summed E-state index contributed by atoms with van der Waals surface area (Å²) in [5.74, 6) is -0.202. The lowest BCUT2D eigenvalue weighted by atomic mass is 10.0. The molecule has 14 heavy (non-hydrogen) atoms. The van der Waals surface area contributed by atoms with Gasteiger partial charge in [-0.1, -0.05) is 25.1 Å². The van der Waals surface area contributed by atoms with E-state index in [2.05, 4.69) is 0 Å². The standard InChI is InChI=1S/C12H13FO/c1-3-11(12(14)4-2)9-5-7-10(13)8-6-9/h3,5-8H,4H2,1-2H3/b11-3+. The maximum Gasteiger partial charge on any atom is 0.162 e. The fourth-order valence-electron chi connectivity index (χ4n) is 1.31. The van der Waals surface area contributed by atoms with Gasteiger partial charge in [0.1, 0.15) is 5.82 Å². The van der Waals surface area contributed by atoms with Crippen LogP contribution in [0.1, 0.15) is 25.8 Å². The lowest BCUT2D eigenvalue weighted by Crippen LogP contribution is -1.99. The Morgan fingerprint density at radius 1 is 1.36 bits per heavy atom. The molecule has 0 heterocycles. The monoisotopic (exact) mass is 192 g/mol. The number of Topliss-reactive ketones (excluding diaryl/α,β-unsaturated/α-hetero) is 1. The smallest absolute Gasteiger partial charge is 0.162 e. The molecule has 1 rings (SSSR count). The largest absolute Gasteiger partial charge is 0.294 e. The van der Waals surface area contributed by atoms with Gasteiger partial charge in [-0.05, 0) is 24.6 Å². The Morgan fingerprint density at radius 2 is 1.93 bits per heavy atom. The summed E-state index contributed by atoms with van der Waals surface area (Å²) in [6, 6.07) is 5.97. The van der Waals surface area contributed by atoms with Crippen molar-refractivity contribution in [1.82, 2.24) is 0 Å². The third-order valence-corrected chi connectivity index (χ3v) is 2.07. The fourth-order valence-corrected chi connectivity index (χ4v) is 1.31. The van der Waals surface area contributed by atoms with Crippen LogP contribution in [0.25, 0.3) is 5.57 Å². The average molecular weight is 192 g/mol. The molecule has 0 aliphatic heterocycles. The molecule has 0 aliphatic rings. The molecule has 0 N–H and O–H groups in total. The normalized spacial score (nSPS) is 11.5. The Morgan fingerprint density at radius 3 is 2.36 bits per heavy atom. The van der Waals surface area contributed by atoms with E-state index in [-0.39, 0.29) is 11.6 Å². The Hall–Kier alpha value is -1.44. The predicted octanol–water partition coefficient (Wildman–Crippen LogP) is 3.21. The molecule has 0 radical (unpaired) electrons. The molecular formula is C12H13FO. The van der Waals surface area contributed by atoms with Crippen molar-refractivity contribution < 1.29 is 9.18 Å². The van der Waals surface area contributed by atoms with Crippen LogP contribution in [-0.4, -0.2) is 5.78 Å². The molecule has 0 amide bonds. The first-order valence-corrected chi connectivity index (χ1v) is 4.64. The van der Waals surface area contributed by atoms with Crippen LogP contribution in [0.3, 0.4) is 0 Å². The van der Waals surface area contributed by atoms with E-state index in [1.54, 1.807) is 18.2 Å². The number of benzene rings is 1. The number of hydrogen-bond acceptors (Lipinski definition) is 1. The molecule has 1 aromatic rings. The second kappa shape index (κ2) is 4.70. The van der Waals surface area contributed by atoms with Gasteiger partial charge in [0.25, 0.3) is 0 Å². The van der Waals surface area contributed by atoms with E-state index in [0.29, 0.717) is 12.0 Å². The van der Waals surface area contributed by atoms with Gasteiger partial charge >= 0.3 is 0 Å². The number of rotatable bonds is 3. The van der Waals surface area contributed by atoms with Crippen molar-refractivity contribution in [3.05, 3.63) is 41.7 Å². The lowest BCUT2D eigenvalue weighted by molar-refractivity contribution is -0.113. The summed E-state index contributed by atoms with van der Waals surface area (Å²) >= 11 is 0. The Bertz CT molecular complexity index is 349. The van der Waals surface area contributed by atoms with Crippen LogP contribution in [0.5, 0.6) is 0 Å². The quantitative estimate of drug-likeness (QED) is 0.672. The minimum Gasteiger partial charge on any atom is -0.294 e. The van der Waals surface area contributed by atoms with Crippen molar-refractivity contribution in [1.29, 1.82) is 0 Å². The van der Waals surface area contributed by atoms with Gasteiger partial charge in [0, 0.05) is 12.0 Å². The van der Waals surface area contributed by atoms with Gasteiger partial charge in [0.2, 0.25) is 0 Å². The van der Waals surface area contributed by atoms with Gasteiger partial charge in [-0.2, -0.15) is 0 Å². The lowest BCUT2D eigenvalue weighted by Gasteiger charge is -2.04. The average Bonchev–Trinajstić information content (AvgIpc) is 2.21. The van der Waals surface area contributed by atoms with Crippen molar-refractivity contribution in [3.63, 3.8) is 0 Å². The topological polar surface area (TPSA) is 17.1 Å². The molecule has 2 heteroatoms. The van der Waals surface area contributed by atoms with E-state index >= 15 is 0 Å². The molecule has 1 nitrogen and oxygen atoms in total. The molecule has 74 valence electrons. The first-order chi connectivity index (χ1) is 6.69. The molecule has 0 aromatic heterocycles. The second-order valence-electron chi connectivity index (χ2n) is 2.99. The van der Waals surface area contributed by atoms with Crippen molar-refractivity contribution in [2.24, 2.45) is 0 Å². The highest BCUT2D eigenvalue weighted by Gasteiger charge is 2.08. The number of carbonyl (C=O) groups is 1. The van der Waals surface area contributed by atoms with Gasteiger partial charge in [-0.25, -0.2) is 4.39 Å². The van der Waals surface area contributed by atoms with Gasteiger partial charge in [0.15, 0.2) is 5.78 Å². The van der Waals surface area contributed by atoms with E-state index in [4.69, 9.17) is 0 Å². The zero-order valence-electron chi connectivity index (χ0n) is 8.38. The van der Waals surface area contributed by atoms with Crippen LogP contribution in [0.4, 0.5) is 4.39 Å². The van der Waals surface area contributed by atoms with E-state index in [0.717, 1.165) is 5.56 Å². The molecule has 0 fully saturated rings. The summed E-state index contributed by atoms with van der Waals surface area (Å²) in [5.41, 5.74) is 1.44. The second-order valence-corrected chi connectivity index (χ2v) is 2.99. The van der Waals surface area contributed by atoms with E-state index < -0.39 is 0 Å². The van der Waals surface area contributed by atoms with Crippen LogP contribution in [-0.2, 0) is 4.79 Å². The van der Waals surface area contributed by atoms with Crippen molar-refractivity contribution in [2.45, 2.75) is 20.3 Å². The van der Waals surface area contributed by atoms with Crippen LogP contribution in [0, 0.1) is 5.82 Å². The Kier molecular flexibility index (Phi) is 3.57. The maximum atomic E-state index is 12.6. The molecule has 0 atom stereocenters. The van der Waals surface area contributed by atoms with Gasteiger partial charge in [0.05, 0.1) is 0 Å². The minimum absolute atomic E-state index is 0.0825. The molecule has 0 unspecified atom stereocenters.